The van der Waals surface area contributed by atoms with E-state index in [9.17, 15) is 9.11 Å². The number of nitrogens with zero attached hydrogens (tertiary/aromatic N) is 8. The van der Waals surface area contributed by atoms with E-state index < -0.39 is 22.4 Å². The van der Waals surface area contributed by atoms with Crippen molar-refractivity contribution in [1.29, 1.82) is 0 Å². The van der Waals surface area contributed by atoms with Crippen LogP contribution in [0.3, 0.4) is 0 Å². The molecule has 0 aromatic carbocycles. The molecule has 2 atom stereocenters. The lowest BCUT2D eigenvalue weighted by Crippen LogP contribution is -2.23. The molecule has 0 bridgehead atoms. The van der Waals surface area contributed by atoms with Crippen molar-refractivity contribution in [2.75, 3.05) is 23.0 Å². The summed E-state index contributed by atoms with van der Waals surface area (Å²) in [6, 6.07) is 0. The number of hydrogen-bond acceptors (Lipinski definition) is 8. The van der Waals surface area contributed by atoms with Crippen molar-refractivity contribution in [3.05, 3.63) is 12.7 Å². The second kappa shape index (κ2) is 12.7. The molecule has 12 heteroatoms. The Hall–Kier alpha value is -1.24. The molecule has 0 saturated heterocycles. The van der Waals surface area contributed by atoms with E-state index in [1.807, 2.05) is 0 Å². The average Bonchev–Trinajstić information content (AvgIpc) is 3.34. The Morgan fingerprint density at radius 1 is 0.677 bits per heavy atom. The third kappa shape index (κ3) is 11.3. The van der Waals surface area contributed by atoms with Crippen LogP contribution in [-0.2, 0) is 35.4 Å². The lowest BCUT2D eigenvalue weighted by Gasteiger charge is -2.24. The lowest BCUT2D eigenvalue weighted by atomic mass is 9.88. The van der Waals surface area contributed by atoms with Gasteiger partial charge in [0.05, 0.1) is 0 Å². The van der Waals surface area contributed by atoms with Crippen molar-refractivity contribution in [3.8, 4) is 0 Å². The van der Waals surface area contributed by atoms with Crippen molar-refractivity contribution in [2.24, 2.45) is 10.8 Å². The molecule has 0 fully saturated rings. The van der Waals surface area contributed by atoms with E-state index in [0.29, 0.717) is 23.0 Å². The number of aromatic nitrogens is 8. The fourth-order valence-corrected chi connectivity index (χ4v) is 6.01. The van der Waals surface area contributed by atoms with Crippen LogP contribution in [0.25, 0.3) is 0 Å². The van der Waals surface area contributed by atoms with Crippen molar-refractivity contribution in [1.82, 2.24) is 40.4 Å². The van der Waals surface area contributed by atoms with Crippen LogP contribution < -0.4 is 0 Å². The number of tetrazole rings is 2. The molecule has 2 heterocycles. The molecule has 0 amide bonds. The minimum Gasteiger partial charge on any atom is -0.616 e. The fourth-order valence-electron chi connectivity index (χ4n) is 3.55. The van der Waals surface area contributed by atoms with Gasteiger partial charge in [0.1, 0.15) is 35.7 Å². The summed E-state index contributed by atoms with van der Waals surface area (Å²) < 4.78 is 28.0. The second-order valence-electron chi connectivity index (χ2n) is 9.60. The van der Waals surface area contributed by atoms with Crippen LogP contribution in [-0.4, -0.2) is 72.5 Å². The van der Waals surface area contributed by atoms with Gasteiger partial charge in [0.25, 0.3) is 0 Å². The Labute approximate surface area is 191 Å². The molecule has 0 N–H and O–H groups in total. The molecule has 2 aromatic rings. The highest BCUT2D eigenvalue weighted by Crippen LogP contribution is 2.25. The summed E-state index contributed by atoms with van der Waals surface area (Å²) in [5.74, 6) is 2.64. The van der Waals surface area contributed by atoms with Gasteiger partial charge in [-0.15, -0.1) is 10.2 Å². The van der Waals surface area contributed by atoms with Crippen LogP contribution in [0.1, 0.15) is 59.8 Å². The maximum Gasteiger partial charge on any atom is 0.138 e. The highest BCUT2D eigenvalue weighted by Gasteiger charge is 2.22. The Morgan fingerprint density at radius 2 is 1.06 bits per heavy atom. The zero-order chi connectivity index (χ0) is 22.7. The summed E-state index contributed by atoms with van der Waals surface area (Å²) in [5, 5.41) is 22.5. The van der Waals surface area contributed by atoms with Crippen LogP contribution in [0.2, 0.25) is 0 Å². The quantitative estimate of drug-likeness (QED) is 0.338. The predicted molar refractivity (Wildman–Crippen MR) is 122 cm³/mol. The molecule has 0 aliphatic carbocycles. The molecule has 0 spiro atoms. The summed E-state index contributed by atoms with van der Waals surface area (Å²) in [7, 11) is 0. The van der Waals surface area contributed by atoms with Crippen LogP contribution in [0.4, 0.5) is 0 Å². The SMILES string of the molecule is CC(C)(CCC[S+]([O-])CCC[S+]([O-])CCCC(C)(C)Cn1cnnn1)Cn1cnnn1. The third-order valence-corrected chi connectivity index (χ3v) is 8.13. The van der Waals surface area contributed by atoms with Gasteiger partial charge in [0.2, 0.25) is 0 Å². The van der Waals surface area contributed by atoms with Gasteiger partial charge in [-0.1, -0.05) is 50.0 Å². The predicted octanol–water partition coefficient (Wildman–Crippen LogP) is 1.86. The number of rotatable bonds is 16. The third-order valence-electron chi connectivity index (χ3n) is 5.16. The Balaban J connectivity index is 1.51. The lowest BCUT2D eigenvalue weighted by molar-refractivity contribution is 0.263. The van der Waals surface area contributed by atoms with E-state index in [2.05, 4.69) is 58.7 Å². The highest BCUT2D eigenvalue weighted by molar-refractivity contribution is 7.92. The molecule has 0 aliphatic rings. The molecule has 176 valence electrons. The molecular weight excluding hydrogens is 436 g/mol. The van der Waals surface area contributed by atoms with Gasteiger partial charge in [-0.25, -0.2) is 9.36 Å². The normalized spacial score (nSPS) is 14.6. The van der Waals surface area contributed by atoms with E-state index in [4.69, 9.17) is 0 Å². The molecule has 0 saturated carbocycles. The van der Waals surface area contributed by atoms with Crippen molar-refractivity contribution in [3.63, 3.8) is 0 Å². The summed E-state index contributed by atoms with van der Waals surface area (Å²) in [4.78, 5) is 0. The molecule has 2 unspecified atom stereocenters. The Kier molecular flexibility index (Phi) is 10.7. The monoisotopic (exact) mass is 472 g/mol. The van der Waals surface area contributed by atoms with Crippen molar-refractivity contribution >= 4 is 22.4 Å². The molecule has 2 aromatic heterocycles. The largest absolute Gasteiger partial charge is 0.616 e. The van der Waals surface area contributed by atoms with Crippen LogP contribution >= 0.6 is 0 Å². The maximum atomic E-state index is 12.3. The minimum absolute atomic E-state index is 0.0549. The first-order chi connectivity index (χ1) is 14.7. The highest BCUT2D eigenvalue weighted by atomic mass is 32.2. The second-order valence-corrected chi connectivity index (χ2v) is 13.0. The molecule has 2 rings (SSSR count). The van der Waals surface area contributed by atoms with Crippen molar-refractivity contribution < 1.29 is 9.11 Å². The zero-order valence-corrected chi connectivity index (χ0v) is 20.8. The first kappa shape index (κ1) is 26.0. The Bertz CT molecular complexity index is 652. The maximum absolute atomic E-state index is 12.3. The summed E-state index contributed by atoms with van der Waals surface area (Å²) >= 11 is -1.70. The van der Waals surface area contributed by atoms with E-state index in [-0.39, 0.29) is 10.8 Å². The van der Waals surface area contributed by atoms with E-state index in [1.54, 1.807) is 22.0 Å². The van der Waals surface area contributed by atoms with Gasteiger partial charge in [0, 0.05) is 19.5 Å². The van der Waals surface area contributed by atoms with E-state index >= 15 is 0 Å². The average molecular weight is 473 g/mol. The summed E-state index contributed by atoms with van der Waals surface area (Å²) in [6.45, 7) is 10.2. The number of hydrogen-bond donors (Lipinski definition) is 0. The first-order valence-electron chi connectivity index (χ1n) is 10.8. The molecule has 0 aliphatic heterocycles. The van der Waals surface area contributed by atoms with Gasteiger partial charge in [-0.3, -0.25) is 0 Å². The zero-order valence-electron chi connectivity index (χ0n) is 19.1. The van der Waals surface area contributed by atoms with Gasteiger partial charge in [-0.05, 0) is 57.4 Å². The van der Waals surface area contributed by atoms with Gasteiger partial charge in [0.15, 0.2) is 0 Å². The molecule has 10 nitrogen and oxygen atoms in total. The fraction of sp³-hybridized carbons (Fsp3) is 0.895. The molecule has 0 radical (unpaired) electrons. The van der Waals surface area contributed by atoms with Crippen LogP contribution in [0, 0.1) is 10.8 Å². The van der Waals surface area contributed by atoms with E-state index in [0.717, 1.165) is 45.2 Å². The van der Waals surface area contributed by atoms with Gasteiger partial charge in [-0.2, -0.15) is 0 Å². The Morgan fingerprint density at radius 3 is 1.42 bits per heavy atom. The van der Waals surface area contributed by atoms with Gasteiger partial charge >= 0.3 is 0 Å². The topological polar surface area (TPSA) is 133 Å². The minimum atomic E-state index is -0.851. The standard InChI is InChI=1S/C19H36N8O2S2/c1-18(2,14-26-16-20-22-24-26)8-5-10-30(28)12-7-13-31(29)11-6-9-19(3,4)15-27-17-21-23-25-27/h16-17H,5-15H2,1-4H3. The smallest absolute Gasteiger partial charge is 0.138 e. The van der Waals surface area contributed by atoms with Gasteiger partial charge < -0.3 is 9.11 Å². The summed E-state index contributed by atoms with van der Waals surface area (Å²) in [6.07, 6.45) is 7.73. The summed E-state index contributed by atoms with van der Waals surface area (Å²) in [5.41, 5.74) is 0.110. The van der Waals surface area contributed by atoms with Crippen LogP contribution in [0.15, 0.2) is 12.7 Å². The molecule has 31 heavy (non-hydrogen) atoms. The van der Waals surface area contributed by atoms with E-state index in [1.165, 1.54) is 0 Å². The first-order valence-corrected chi connectivity index (χ1v) is 13.7. The molecular formula is C19H36N8O2S2. The van der Waals surface area contributed by atoms with Crippen LogP contribution in [0.5, 0.6) is 0 Å². The van der Waals surface area contributed by atoms with Crippen molar-refractivity contribution in [2.45, 2.75) is 72.9 Å².